The Labute approximate surface area is 152 Å². The third-order valence-electron chi connectivity index (χ3n) is 4.42. The van der Waals surface area contributed by atoms with Crippen LogP contribution in [0.25, 0.3) is 0 Å². The van der Waals surface area contributed by atoms with Crippen molar-refractivity contribution in [2.24, 2.45) is 0 Å². The molecule has 126 valence electrons. The van der Waals surface area contributed by atoms with Crippen molar-refractivity contribution in [3.8, 4) is 0 Å². The highest BCUT2D eigenvalue weighted by atomic mass is 79.9. The summed E-state index contributed by atoms with van der Waals surface area (Å²) in [5, 5.41) is 3.00. The maximum atomic E-state index is 12.3. The van der Waals surface area contributed by atoms with Gasteiger partial charge in [0.25, 0.3) is 5.91 Å². The van der Waals surface area contributed by atoms with E-state index in [-0.39, 0.29) is 5.91 Å². The summed E-state index contributed by atoms with van der Waals surface area (Å²) in [6.45, 7) is 3.95. The summed E-state index contributed by atoms with van der Waals surface area (Å²) in [7, 11) is 0. The Morgan fingerprint density at radius 2 is 1.75 bits per heavy atom. The standard InChI is InChI=1S/C20H23BrN2O/c21-19-10-3-2-9-18(19)20(24)22-14-16-7-6-8-17(13-16)15-23-11-4-1-5-12-23/h2-3,6-10,13H,1,4-5,11-12,14-15H2,(H,22,24). The first-order chi connectivity index (χ1) is 11.7. The van der Waals surface area contributed by atoms with Crippen molar-refractivity contribution in [1.82, 2.24) is 10.2 Å². The molecule has 2 aromatic rings. The average Bonchev–Trinajstić information content (AvgIpc) is 2.61. The van der Waals surface area contributed by atoms with Crippen LogP contribution in [-0.4, -0.2) is 23.9 Å². The molecule has 1 heterocycles. The third kappa shape index (κ3) is 4.68. The first-order valence-electron chi connectivity index (χ1n) is 8.55. The first-order valence-corrected chi connectivity index (χ1v) is 9.34. The molecule has 0 aliphatic carbocycles. The molecule has 0 atom stereocenters. The number of nitrogens with one attached hydrogen (secondary N) is 1. The van der Waals surface area contributed by atoms with Crippen LogP contribution in [0.1, 0.15) is 40.7 Å². The van der Waals surface area contributed by atoms with E-state index in [9.17, 15) is 4.79 Å². The van der Waals surface area contributed by atoms with Crippen molar-refractivity contribution in [1.29, 1.82) is 0 Å². The van der Waals surface area contributed by atoms with E-state index in [1.54, 1.807) is 0 Å². The number of halogens is 1. The normalized spacial score (nSPS) is 15.2. The summed E-state index contributed by atoms with van der Waals surface area (Å²) in [5.74, 6) is -0.0519. The van der Waals surface area contributed by atoms with Crippen molar-refractivity contribution < 1.29 is 4.79 Å². The van der Waals surface area contributed by atoms with Gasteiger partial charge in [0, 0.05) is 17.6 Å². The highest BCUT2D eigenvalue weighted by Crippen LogP contribution is 2.16. The summed E-state index contributed by atoms with van der Waals surface area (Å²) in [6.07, 6.45) is 3.97. The predicted octanol–water partition coefficient (Wildman–Crippen LogP) is 4.37. The zero-order valence-corrected chi connectivity index (χ0v) is 15.4. The maximum absolute atomic E-state index is 12.3. The van der Waals surface area contributed by atoms with E-state index in [0.29, 0.717) is 12.1 Å². The Hall–Kier alpha value is -1.65. The Bertz CT molecular complexity index is 696. The van der Waals surface area contributed by atoms with Crippen molar-refractivity contribution in [3.05, 3.63) is 69.7 Å². The van der Waals surface area contributed by atoms with E-state index >= 15 is 0 Å². The van der Waals surface area contributed by atoms with Gasteiger partial charge in [-0.2, -0.15) is 0 Å². The summed E-state index contributed by atoms with van der Waals surface area (Å²) >= 11 is 3.42. The van der Waals surface area contributed by atoms with Gasteiger partial charge in [-0.25, -0.2) is 0 Å². The Morgan fingerprint density at radius 3 is 2.54 bits per heavy atom. The van der Waals surface area contributed by atoms with Crippen LogP contribution in [0.15, 0.2) is 53.0 Å². The summed E-state index contributed by atoms with van der Waals surface area (Å²) in [6, 6.07) is 16.0. The molecule has 1 aliphatic rings. The number of likely N-dealkylation sites (tertiary alicyclic amines) is 1. The molecule has 0 bridgehead atoms. The monoisotopic (exact) mass is 386 g/mol. The lowest BCUT2D eigenvalue weighted by Gasteiger charge is -2.26. The van der Waals surface area contributed by atoms with Gasteiger partial charge in [-0.1, -0.05) is 42.8 Å². The van der Waals surface area contributed by atoms with E-state index in [4.69, 9.17) is 0 Å². The van der Waals surface area contributed by atoms with Crippen LogP contribution in [0.4, 0.5) is 0 Å². The molecule has 0 radical (unpaired) electrons. The maximum Gasteiger partial charge on any atom is 0.252 e. The van der Waals surface area contributed by atoms with Crippen LogP contribution in [0, 0.1) is 0 Å². The molecule has 3 nitrogen and oxygen atoms in total. The smallest absolute Gasteiger partial charge is 0.252 e. The minimum atomic E-state index is -0.0519. The highest BCUT2D eigenvalue weighted by Gasteiger charge is 2.11. The van der Waals surface area contributed by atoms with Crippen molar-refractivity contribution in [3.63, 3.8) is 0 Å². The molecular weight excluding hydrogens is 364 g/mol. The van der Waals surface area contributed by atoms with Gasteiger partial charge in [0.15, 0.2) is 0 Å². The predicted molar refractivity (Wildman–Crippen MR) is 101 cm³/mol. The van der Waals surface area contributed by atoms with E-state index < -0.39 is 0 Å². The molecule has 0 unspecified atom stereocenters. The fourth-order valence-electron chi connectivity index (χ4n) is 3.14. The fourth-order valence-corrected chi connectivity index (χ4v) is 3.60. The summed E-state index contributed by atoms with van der Waals surface area (Å²) in [5.41, 5.74) is 3.14. The lowest BCUT2D eigenvalue weighted by molar-refractivity contribution is 0.0950. The molecule has 1 amide bonds. The molecule has 1 fully saturated rings. The van der Waals surface area contributed by atoms with Gasteiger partial charge in [-0.15, -0.1) is 0 Å². The molecule has 24 heavy (non-hydrogen) atoms. The van der Waals surface area contributed by atoms with Gasteiger partial charge in [0.05, 0.1) is 5.56 Å². The van der Waals surface area contributed by atoms with E-state index in [1.807, 2.05) is 24.3 Å². The second-order valence-electron chi connectivity index (χ2n) is 6.32. The number of carbonyl (C=O) groups excluding carboxylic acids is 1. The van der Waals surface area contributed by atoms with E-state index in [2.05, 4.69) is 50.4 Å². The number of rotatable bonds is 5. The fraction of sp³-hybridized carbons (Fsp3) is 0.350. The van der Waals surface area contributed by atoms with Gasteiger partial charge in [0.1, 0.15) is 0 Å². The average molecular weight is 387 g/mol. The third-order valence-corrected chi connectivity index (χ3v) is 5.11. The number of benzene rings is 2. The zero-order valence-electron chi connectivity index (χ0n) is 13.8. The number of amides is 1. The zero-order chi connectivity index (χ0) is 16.8. The summed E-state index contributed by atoms with van der Waals surface area (Å²) in [4.78, 5) is 14.8. The van der Waals surface area contributed by atoms with Crippen LogP contribution in [-0.2, 0) is 13.1 Å². The van der Waals surface area contributed by atoms with Crippen LogP contribution in [0.5, 0.6) is 0 Å². The van der Waals surface area contributed by atoms with Crippen LogP contribution in [0.3, 0.4) is 0 Å². The van der Waals surface area contributed by atoms with E-state index in [1.165, 1.54) is 37.9 Å². The lowest BCUT2D eigenvalue weighted by Crippen LogP contribution is -2.29. The molecule has 0 spiro atoms. The van der Waals surface area contributed by atoms with Crippen molar-refractivity contribution in [2.75, 3.05) is 13.1 Å². The largest absolute Gasteiger partial charge is 0.348 e. The molecule has 1 saturated heterocycles. The van der Waals surface area contributed by atoms with Gasteiger partial charge >= 0.3 is 0 Å². The van der Waals surface area contributed by atoms with E-state index in [0.717, 1.165) is 16.6 Å². The number of piperidine rings is 1. The minimum absolute atomic E-state index is 0.0519. The van der Waals surface area contributed by atoms with Gasteiger partial charge < -0.3 is 5.32 Å². The van der Waals surface area contributed by atoms with Crippen LogP contribution in [0.2, 0.25) is 0 Å². The minimum Gasteiger partial charge on any atom is -0.348 e. The quantitative estimate of drug-likeness (QED) is 0.827. The Morgan fingerprint density at radius 1 is 1.00 bits per heavy atom. The number of nitrogens with zero attached hydrogens (tertiary/aromatic N) is 1. The topological polar surface area (TPSA) is 32.3 Å². The van der Waals surface area contributed by atoms with Gasteiger partial charge in [-0.05, 0) is 65.1 Å². The molecular formula is C20H23BrN2O. The first kappa shape index (κ1) is 17.2. The van der Waals surface area contributed by atoms with Crippen molar-refractivity contribution >= 4 is 21.8 Å². The summed E-state index contributed by atoms with van der Waals surface area (Å²) < 4.78 is 0.821. The van der Waals surface area contributed by atoms with Gasteiger partial charge in [-0.3, -0.25) is 9.69 Å². The molecule has 2 aromatic carbocycles. The van der Waals surface area contributed by atoms with Crippen LogP contribution >= 0.6 is 15.9 Å². The Kier molecular flexibility index (Phi) is 6.05. The molecule has 1 aliphatic heterocycles. The number of carbonyl (C=O) groups is 1. The second kappa shape index (κ2) is 8.45. The van der Waals surface area contributed by atoms with Gasteiger partial charge in [0.2, 0.25) is 0 Å². The van der Waals surface area contributed by atoms with Crippen LogP contribution < -0.4 is 5.32 Å². The number of hydrogen-bond donors (Lipinski definition) is 1. The Balaban J connectivity index is 1.58. The molecule has 4 heteroatoms. The number of hydrogen-bond acceptors (Lipinski definition) is 2. The lowest BCUT2D eigenvalue weighted by atomic mass is 10.1. The molecule has 1 N–H and O–H groups in total. The molecule has 3 rings (SSSR count). The molecule has 0 saturated carbocycles. The second-order valence-corrected chi connectivity index (χ2v) is 7.17. The van der Waals surface area contributed by atoms with Crippen molar-refractivity contribution in [2.45, 2.75) is 32.4 Å². The SMILES string of the molecule is O=C(NCc1cccc(CN2CCCCC2)c1)c1ccccc1Br. The highest BCUT2D eigenvalue weighted by molar-refractivity contribution is 9.10. The molecule has 0 aromatic heterocycles.